The van der Waals surface area contributed by atoms with Gasteiger partial charge in [0.05, 0.1) is 7.11 Å². The number of aromatic hydroxyl groups is 1. The van der Waals surface area contributed by atoms with E-state index in [1.807, 2.05) is 6.92 Å². The minimum Gasteiger partial charge on any atom is -0.504 e. The molecule has 1 unspecified atom stereocenters. The summed E-state index contributed by atoms with van der Waals surface area (Å²) in [6.07, 6.45) is 1.28. The predicted molar refractivity (Wildman–Crippen MR) is 61.3 cm³/mol. The lowest BCUT2D eigenvalue weighted by Crippen LogP contribution is -2.24. The van der Waals surface area contributed by atoms with E-state index in [0.717, 1.165) is 5.56 Å². The van der Waals surface area contributed by atoms with Gasteiger partial charge in [0.2, 0.25) is 5.91 Å². The van der Waals surface area contributed by atoms with Gasteiger partial charge in [0, 0.05) is 5.92 Å². The predicted octanol–water partition coefficient (Wildman–Crippen LogP) is 1.45. The van der Waals surface area contributed by atoms with Crippen LogP contribution in [0.2, 0.25) is 0 Å². The first-order valence-corrected chi connectivity index (χ1v) is 5.23. The van der Waals surface area contributed by atoms with Crippen molar-refractivity contribution in [1.82, 2.24) is 0 Å². The fourth-order valence-corrected chi connectivity index (χ4v) is 1.58. The molecule has 0 radical (unpaired) electrons. The lowest BCUT2D eigenvalue weighted by Gasteiger charge is -2.12. The van der Waals surface area contributed by atoms with Gasteiger partial charge in [-0.3, -0.25) is 4.79 Å². The summed E-state index contributed by atoms with van der Waals surface area (Å²) >= 11 is 0. The minimum absolute atomic E-state index is 0.0957. The minimum atomic E-state index is -0.297. The average molecular weight is 223 g/mol. The average Bonchev–Trinajstić information content (AvgIpc) is 2.27. The summed E-state index contributed by atoms with van der Waals surface area (Å²) in [4.78, 5) is 11.1. The summed E-state index contributed by atoms with van der Waals surface area (Å²) in [5.74, 6) is 0.0407. The van der Waals surface area contributed by atoms with Crippen LogP contribution < -0.4 is 10.5 Å². The maximum absolute atomic E-state index is 11.1. The number of benzene rings is 1. The van der Waals surface area contributed by atoms with Gasteiger partial charge >= 0.3 is 0 Å². The molecule has 1 aromatic carbocycles. The van der Waals surface area contributed by atoms with Crippen molar-refractivity contribution in [3.8, 4) is 11.5 Å². The third kappa shape index (κ3) is 2.89. The SMILES string of the molecule is CCC(Cc1ccc(O)c(OC)c1)C(N)=O. The van der Waals surface area contributed by atoms with E-state index in [-0.39, 0.29) is 17.6 Å². The number of carbonyl (C=O) groups is 1. The number of hydrogen-bond donors (Lipinski definition) is 2. The van der Waals surface area contributed by atoms with E-state index in [1.165, 1.54) is 7.11 Å². The van der Waals surface area contributed by atoms with Crippen molar-refractivity contribution in [3.05, 3.63) is 23.8 Å². The number of primary amides is 1. The highest BCUT2D eigenvalue weighted by Gasteiger charge is 2.14. The summed E-state index contributed by atoms with van der Waals surface area (Å²) < 4.78 is 5.00. The maximum atomic E-state index is 11.1. The Kier molecular flexibility index (Phi) is 4.17. The Morgan fingerprint density at radius 2 is 2.25 bits per heavy atom. The van der Waals surface area contributed by atoms with E-state index in [2.05, 4.69) is 0 Å². The Morgan fingerprint density at radius 3 is 2.75 bits per heavy atom. The number of ether oxygens (including phenoxy) is 1. The Labute approximate surface area is 95.0 Å². The fourth-order valence-electron chi connectivity index (χ4n) is 1.58. The zero-order chi connectivity index (χ0) is 12.1. The molecule has 88 valence electrons. The molecule has 0 fully saturated rings. The molecule has 0 aromatic heterocycles. The smallest absolute Gasteiger partial charge is 0.220 e. The number of hydrogen-bond acceptors (Lipinski definition) is 3. The van der Waals surface area contributed by atoms with Gasteiger partial charge in [0.25, 0.3) is 0 Å². The molecule has 0 aliphatic carbocycles. The van der Waals surface area contributed by atoms with E-state index in [1.54, 1.807) is 18.2 Å². The van der Waals surface area contributed by atoms with Gasteiger partial charge in [-0.1, -0.05) is 13.0 Å². The van der Waals surface area contributed by atoms with Crippen LogP contribution >= 0.6 is 0 Å². The zero-order valence-corrected chi connectivity index (χ0v) is 9.56. The third-order valence-electron chi connectivity index (χ3n) is 2.62. The van der Waals surface area contributed by atoms with Crippen molar-refractivity contribution in [3.63, 3.8) is 0 Å². The molecule has 0 heterocycles. The van der Waals surface area contributed by atoms with Gasteiger partial charge < -0.3 is 15.6 Å². The number of phenolic OH excluding ortho intramolecular Hbond substituents is 1. The topological polar surface area (TPSA) is 72.6 Å². The number of rotatable bonds is 5. The monoisotopic (exact) mass is 223 g/mol. The molecule has 0 saturated carbocycles. The number of phenols is 1. The van der Waals surface area contributed by atoms with Gasteiger partial charge in [-0.2, -0.15) is 0 Å². The molecular formula is C12H17NO3. The summed E-state index contributed by atoms with van der Waals surface area (Å²) in [5, 5.41) is 9.42. The Balaban J connectivity index is 2.84. The Morgan fingerprint density at radius 1 is 1.56 bits per heavy atom. The first kappa shape index (κ1) is 12.4. The summed E-state index contributed by atoms with van der Waals surface area (Å²) in [6, 6.07) is 5.05. The van der Waals surface area contributed by atoms with Gasteiger partial charge in [-0.05, 0) is 30.5 Å². The highest BCUT2D eigenvalue weighted by molar-refractivity contribution is 5.76. The van der Waals surface area contributed by atoms with Gasteiger partial charge in [0.1, 0.15) is 0 Å². The molecule has 1 amide bonds. The lowest BCUT2D eigenvalue weighted by molar-refractivity contribution is -0.121. The number of nitrogens with two attached hydrogens (primary N) is 1. The van der Waals surface area contributed by atoms with Gasteiger partial charge in [-0.15, -0.1) is 0 Å². The quantitative estimate of drug-likeness (QED) is 0.793. The molecule has 4 nitrogen and oxygen atoms in total. The third-order valence-corrected chi connectivity index (χ3v) is 2.62. The maximum Gasteiger partial charge on any atom is 0.220 e. The van der Waals surface area contributed by atoms with Crippen LogP contribution in [0.3, 0.4) is 0 Å². The molecule has 0 aliphatic heterocycles. The van der Waals surface area contributed by atoms with Crippen molar-refractivity contribution in [1.29, 1.82) is 0 Å². The molecule has 1 atom stereocenters. The van der Waals surface area contributed by atoms with Crippen molar-refractivity contribution in [2.45, 2.75) is 19.8 Å². The van der Waals surface area contributed by atoms with Crippen molar-refractivity contribution in [2.24, 2.45) is 11.7 Å². The van der Waals surface area contributed by atoms with E-state index in [0.29, 0.717) is 18.6 Å². The first-order chi connectivity index (χ1) is 7.58. The molecule has 0 spiro atoms. The number of carbonyl (C=O) groups excluding carboxylic acids is 1. The second-order valence-corrected chi connectivity index (χ2v) is 3.72. The first-order valence-electron chi connectivity index (χ1n) is 5.23. The molecule has 1 rings (SSSR count). The molecule has 0 bridgehead atoms. The van der Waals surface area contributed by atoms with Crippen LogP contribution in [0.4, 0.5) is 0 Å². The molecule has 1 aromatic rings. The van der Waals surface area contributed by atoms with Crippen molar-refractivity contribution >= 4 is 5.91 Å². The summed E-state index contributed by atoms with van der Waals surface area (Å²) in [5.41, 5.74) is 6.21. The largest absolute Gasteiger partial charge is 0.504 e. The normalized spacial score (nSPS) is 12.1. The number of methoxy groups -OCH3 is 1. The van der Waals surface area contributed by atoms with E-state index in [4.69, 9.17) is 10.5 Å². The van der Waals surface area contributed by atoms with Crippen molar-refractivity contribution < 1.29 is 14.6 Å². The van der Waals surface area contributed by atoms with Crippen LogP contribution in [0.15, 0.2) is 18.2 Å². The summed E-state index contributed by atoms with van der Waals surface area (Å²) in [6.45, 7) is 1.92. The lowest BCUT2D eigenvalue weighted by atomic mass is 9.96. The Bertz CT molecular complexity index is 377. The standard InChI is InChI=1S/C12H17NO3/c1-3-9(12(13)15)6-8-4-5-10(14)11(7-8)16-2/h4-5,7,9,14H,3,6H2,1-2H3,(H2,13,15). The fraction of sp³-hybridized carbons (Fsp3) is 0.417. The van der Waals surface area contributed by atoms with Crippen LogP contribution in [0.5, 0.6) is 11.5 Å². The van der Waals surface area contributed by atoms with Crippen LogP contribution in [0.1, 0.15) is 18.9 Å². The highest BCUT2D eigenvalue weighted by Crippen LogP contribution is 2.27. The molecule has 0 saturated heterocycles. The van der Waals surface area contributed by atoms with Crippen LogP contribution in [-0.2, 0) is 11.2 Å². The second-order valence-electron chi connectivity index (χ2n) is 3.72. The molecule has 3 N–H and O–H groups in total. The second kappa shape index (κ2) is 5.39. The van der Waals surface area contributed by atoms with Crippen LogP contribution in [0.25, 0.3) is 0 Å². The van der Waals surface area contributed by atoms with Gasteiger partial charge in [0.15, 0.2) is 11.5 Å². The highest BCUT2D eigenvalue weighted by atomic mass is 16.5. The molecule has 4 heteroatoms. The van der Waals surface area contributed by atoms with Gasteiger partial charge in [-0.25, -0.2) is 0 Å². The molecular weight excluding hydrogens is 206 g/mol. The molecule has 16 heavy (non-hydrogen) atoms. The zero-order valence-electron chi connectivity index (χ0n) is 9.56. The van der Waals surface area contributed by atoms with E-state index >= 15 is 0 Å². The molecule has 0 aliphatic rings. The summed E-state index contributed by atoms with van der Waals surface area (Å²) in [7, 11) is 1.49. The number of amides is 1. The van der Waals surface area contributed by atoms with E-state index < -0.39 is 0 Å². The van der Waals surface area contributed by atoms with Crippen molar-refractivity contribution in [2.75, 3.05) is 7.11 Å². The van der Waals surface area contributed by atoms with Crippen LogP contribution in [0, 0.1) is 5.92 Å². The van der Waals surface area contributed by atoms with E-state index in [9.17, 15) is 9.90 Å². The Hall–Kier alpha value is -1.71. The van der Waals surface area contributed by atoms with Crippen LogP contribution in [-0.4, -0.2) is 18.1 Å².